The predicted molar refractivity (Wildman–Crippen MR) is 89.8 cm³/mol. The normalized spacial score (nSPS) is 15.3. The van der Waals surface area contributed by atoms with Crippen molar-refractivity contribution in [3.63, 3.8) is 0 Å². The third-order valence-corrected chi connectivity index (χ3v) is 3.75. The fraction of sp³-hybridized carbons (Fsp3) is 0.500. The fourth-order valence-corrected chi connectivity index (χ4v) is 2.63. The molecule has 3 N–H and O–H groups in total. The number of nitrogens with two attached hydrogens (primary N) is 1. The summed E-state index contributed by atoms with van der Waals surface area (Å²) in [5, 5.41) is 2.94. The predicted octanol–water partition coefficient (Wildman–Crippen LogP) is 1.75. The molecule has 1 aliphatic heterocycles. The van der Waals surface area contributed by atoms with Gasteiger partial charge in [-0.2, -0.15) is 0 Å². The molecule has 1 aliphatic rings. The first-order chi connectivity index (χ1) is 10.1. The van der Waals surface area contributed by atoms with Crippen LogP contribution in [0.2, 0.25) is 0 Å². The Hall–Kier alpha value is -1.75. The van der Waals surface area contributed by atoms with Gasteiger partial charge in [-0.1, -0.05) is 18.2 Å². The van der Waals surface area contributed by atoms with E-state index in [2.05, 4.69) is 5.32 Å². The molecule has 1 unspecified atom stereocenters. The van der Waals surface area contributed by atoms with Gasteiger partial charge < -0.3 is 16.0 Å². The van der Waals surface area contributed by atoms with Crippen LogP contribution in [0, 0.1) is 0 Å². The third kappa shape index (κ3) is 5.22. The molecule has 1 aromatic carbocycles. The lowest BCUT2D eigenvalue weighted by Crippen LogP contribution is -2.42. The van der Waals surface area contributed by atoms with Crippen molar-refractivity contribution in [3.05, 3.63) is 29.8 Å². The summed E-state index contributed by atoms with van der Waals surface area (Å²) in [6.07, 6.45) is 2.60. The maximum absolute atomic E-state index is 11.9. The molecule has 0 radical (unpaired) electrons. The van der Waals surface area contributed by atoms with Gasteiger partial charge in [-0.15, -0.1) is 12.4 Å². The first-order valence-electron chi connectivity index (χ1n) is 7.47. The number of hydrogen-bond donors (Lipinski definition) is 2. The van der Waals surface area contributed by atoms with Crippen LogP contribution < -0.4 is 11.1 Å². The maximum Gasteiger partial charge on any atom is 0.222 e. The minimum atomic E-state index is -0.0207. The van der Waals surface area contributed by atoms with Gasteiger partial charge in [0.05, 0.1) is 0 Å². The highest BCUT2D eigenvalue weighted by molar-refractivity contribution is 5.85. The number of nitrogens with zero attached hydrogens (tertiary/aromatic N) is 1. The van der Waals surface area contributed by atoms with Crippen molar-refractivity contribution in [1.29, 1.82) is 0 Å². The summed E-state index contributed by atoms with van der Waals surface area (Å²) in [5.41, 5.74) is 7.57. The van der Waals surface area contributed by atoms with Crippen LogP contribution in [0.3, 0.4) is 0 Å². The summed E-state index contributed by atoms with van der Waals surface area (Å²) in [6, 6.07) is 7.57. The molecule has 1 heterocycles. The lowest BCUT2D eigenvalue weighted by atomic mass is 10.1. The zero-order chi connectivity index (χ0) is 15.2. The number of rotatable bonds is 6. The highest BCUT2D eigenvalue weighted by Crippen LogP contribution is 2.13. The summed E-state index contributed by atoms with van der Waals surface area (Å²) in [4.78, 5) is 25.3. The molecule has 0 aliphatic carbocycles. The molecule has 6 heteroatoms. The minimum Gasteiger partial charge on any atom is -0.399 e. The number of carbonyl (C=O) groups is 2. The van der Waals surface area contributed by atoms with Crippen molar-refractivity contribution in [2.24, 2.45) is 0 Å². The molecular weight excluding hydrogens is 302 g/mol. The van der Waals surface area contributed by atoms with Crippen molar-refractivity contribution in [2.45, 2.75) is 38.6 Å². The molecule has 5 nitrogen and oxygen atoms in total. The summed E-state index contributed by atoms with van der Waals surface area (Å²) in [5.74, 6) is 0.186. The van der Waals surface area contributed by atoms with E-state index in [-0.39, 0.29) is 30.3 Å². The topological polar surface area (TPSA) is 75.4 Å². The number of carbonyl (C=O) groups excluding carboxylic acids is 2. The Labute approximate surface area is 137 Å². The Morgan fingerprint density at radius 3 is 2.77 bits per heavy atom. The third-order valence-electron chi connectivity index (χ3n) is 3.75. The molecule has 1 saturated heterocycles. The number of likely N-dealkylation sites (tertiary alicyclic amines) is 1. The van der Waals surface area contributed by atoms with E-state index in [0.717, 1.165) is 24.2 Å². The molecular formula is C16H24ClN3O2. The maximum atomic E-state index is 11.9. The Bertz CT molecular complexity index is 522. The number of benzene rings is 1. The van der Waals surface area contributed by atoms with Gasteiger partial charge in [0.1, 0.15) is 0 Å². The highest BCUT2D eigenvalue weighted by atomic mass is 35.5. The molecule has 22 heavy (non-hydrogen) atoms. The van der Waals surface area contributed by atoms with E-state index >= 15 is 0 Å². The first kappa shape index (κ1) is 18.3. The average molecular weight is 326 g/mol. The first-order valence-corrected chi connectivity index (χ1v) is 7.47. The molecule has 122 valence electrons. The van der Waals surface area contributed by atoms with Crippen LogP contribution in [-0.2, 0) is 16.0 Å². The van der Waals surface area contributed by atoms with E-state index < -0.39 is 0 Å². The number of anilines is 1. The van der Waals surface area contributed by atoms with E-state index in [1.54, 1.807) is 0 Å². The zero-order valence-electron chi connectivity index (χ0n) is 12.9. The van der Waals surface area contributed by atoms with Gasteiger partial charge in [0, 0.05) is 37.7 Å². The number of hydrogen-bond acceptors (Lipinski definition) is 3. The molecule has 0 saturated carbocycles. The average Bonchev–Trinajstić information content (AvgIpc) is 2.83. The molecule has 0 bridgehead atoms. The smallest absolute Gasteiger partial charge is 0.222 e. The quantitative estimate of drug-likeness (QED) is 0.782. The van der Waals surface area contributed by atoms with Crippen LogP contribution in [0.25, 0.3) is 0 Å². The van der Waals surface area contributed by atoms with Crippen LogP contribution in [0.5, 0.6) is 0 Å². The fourth-order valence-electron chi connectivity index (χ4n) is 2.63. The molecule has 0 spiro atoms. The molecule has 2 rings (SSSR count). The molecule has 2 amide bonds. The largest absolute Gasteiger partial charge is 0.399 e. The Morgan fingerprint density at radius 1 is 1.41 bits per heavy atom. The van der Waals surface area contributed by atoms with Crippen LogP contribution in [-0.4, -0.2) is 35.8 Å². The Morgan fingerprint density at radius 2 is 2.14 bits per heavy atom. The van der Waals surface area contributed by atoms with E-state index in [1.807, 2.05) is 36.1 Å². The summed E-state index contributed by atoms with van der Waals surface area (Å²) in [7, 11) is 0. The van der Waals surface area contributed by atoms with Crippen molar-refractivity contribution in [1.82, 2.24) is 10.2 Å². The molecule has 1 fully saturated rings. The van der Waals surface area contributed by atoms with E-state index in [4.69, 9.17) is 5.73 Å². The number of para-hydroxylation sites is 1. The lowest BCUT2D eigenvalue weighted by molar-refractivity contribution is -0.129. The zero-order valence-corrected chi connectivity index (χ0v) is 13.7. The number of nitrogens with one attached hydrogen (secondary N) is 1. The number of halogens is 1. The van der Waals surface area contributed by atoms with E-state index in [1.165, 1.54) is 0 Å². The van der Waals surface area contributed by atoms with Crippen molar-refractivity contribution < 1.29 is 9.59 Å². The Balaban J connectivity index is 0.00000242. The highest BCUT2D eigenvalue weighted by Gasteiger charge is 2.22. The second kappa shape index (κ2) is 8.63. The van der Waals surface area contributed by atoms with Crippen LogP contribution >= 0.6 is 12.4 Å². The summed E-state index contributed by atoms with van der Waals surface area (Å²) >= 11 is 0. The van der Waals surface area contributed by atoms with Crippen LogP contribution in [0.15, 0.2) is 24.3 Å². The van der Waals surface area contributed by atoms with Crippen LogP contribution in [0.4, 0.5) is 5.69 Å². The number of aryl methyl sites for hydroxylation is 1. The van der Waals surface area contributed by atoms with Gasteiger partial charge in [0.25, 0.3) is 0 Å². The molecule has 1 atom stereocenters. The SMILES string of the molecule is CC(CN1CCCC1=O)NC(=O)CCc1ccccc1N.Cl. The van der Waals surface area contributed by atoms with Crippen LogP contribution in [0.1, 0.15) is 31.7 Å². The second-order valence-electron chi connectivity index (χ2n) is 5.61. The standard InChI is InChI=1S/C16H23N3O2.ClH/c1-12(11-19-10-4-7-16(19)21)18-15(20)9-8-13-5-2-3-6-14(13)17;/h2-3,5-6,12H,4,7-11,17H2,1H3,(H,18,20);1H. The second-order valence-corrected chi connectivity index (χ2v) is 5.61. The van der Waals surface area contributed by atoms with E-state index in [9.17, 15) is 9.59 Å². The van der Waals surface area contributed by atoms with E-state index in [0.29, 0.717) is 25.8 Å². The summed E-state index contributed by atoms with van der Waals surface area (Å²) in [6.45, 7) is 3.33. The number of amides is 2. The number of nitrogen functional groups attached to an aromatic ring is 1. The van der Waals surface area contributed by atoms with Crippen molar-refractivity contribution >= 4 is 29.9 Å². The monoisotopic (exact) mass is 325 g/mol. The lowest BCUT2D eigenvalue weighted by Gasteiger charge is -2.21. The van der Waals surface area contributed by atoms with Crippen molar-refractivity contribution in [3.8, 4) is 0 Å². The van der Waals surface area contributed by atoms with Gasteiger partial charge in [0.2, 0.25) is 11.8 Å². The van der Waals surface area contributed by atoms with Gasteiger partial charge in [-0.3, -0.25) is 9.59 Å². The molecule has 0 aromatic heterocycles. The van der Waals surface area contributed by atoms with Gasteiger partial charge in [0.15, 0.2) is 0 Å². The van der Waals surface area contributed by atoms with Gasteiger partial charge in [-0.05, 0) is 31.4 Å². The summed E-state index contributed by atoms with van der Waals surface area (Å²) < 4.78 is 0. The van der Waals surface area contributed by atoms with Gasteiger partial charge in [-0.25, -0.2) is 0 Å². The van der Waals surface area contributed by atoms with Crippen molar-refractivity contribution in [2.75, 3.05) is 18.8 Å². The minimum absolute atomic E-state index is 0. The molecule has 1 aromatic rings. The van der Waals surface area contributed by atoms with Gasteiger partial charge >= 0.3 is 0 Å². The Kier molecular flexibility index (Phi) is 7.18.